The van der Waals surface area contributed by atoms with E-state index >= 15 is 0 Å². The van der Waals surface area contributed by atoms with Crippen LogP contribution in [-0.4, -0.2) is 43.3 Å². The Bertz CT molecular complexity index is 1490. The molecule has 3 aromatic carbocycles. The van der Waals surface area contributed by atoms with Crippen LogP contribution in [0.5, 0.6) is 0 Å². The maximum Gasteiger partial charge on any atom is 0.264 e. The monoisotopic (exact) mass is 623 g/mol. The highest BCUT2D eigenvalue weighted by Crippen LogP contribution is 2.27. The van der Waals surface area contributed by atoms with Crippen LogP contribution in [0, 0.1) is 6.92 Å². The van der Waals surface area contributed by atoms with E-state index in [2.05, 4.69) is 5.32 Å². The van der Waals surface area contributed by atoms with Crippen molar-refractivity contribution >= 4 is 62.3 Å². The van der Waals surface area contributed by atoms with Gasteiger partial charge in [-0.15, -0.1) is 0 Å². The lowest BCUT2D eigenvalue weighted by Gasteiger charge is -2.33. The zero-order chi connectivity index (χ0) is 29.8. The van der Waals surface area contributed by atoms with Gasteiger partial charge in [-0.1, -0.05) is 53.0 Å². The molecule has 0 radical (unpaired) electrons. The van der Waals surface area contributed by atoms with E-state index in [-0.39, 0.29) is 11.4 Å². The Balaban J connectivity index is 2.06. The largest absolute Gasteiger partial charge is 0.350 e. The van der Waals surface area contributed by atoms with Crippen molar-refractivity contribution in [2.45, 2.75) is 57.6 Å². The first-order chi connectivity index (χ1) is 18.6. The molecule has 214 valence electrons. The number of halogens is 3. The molecule has 0 spiro atoms. The molecule has 0 saturated carbocycles. The molecule has 11 heteroatoms. The van der Waals surface area contributed by atoms with E-state index in [1.165, 1.54) is 29.2 Å². The topological polar surface area (TPSA) is 86.8 Å². The summed E-state index contributed by atoms with van der Waals surface area (Å²) >= 11 is 18.5. The highest BCUT2D eigenvalue weighted by atomic mass is 35.5. The van der Waals surface area contributed by atoms with Crippen molar-refractivity contribution in [2.75, 3.05) is 10.8 Å². The van der Waals surface area contributed by atoms with Gasteiger partial charge in [-0.2, -0.15) is 0 Å². The molecule has 1 unspecified atom stereocenters. The molecule has 7 nitrogen and oxygen atoms in total. The van der Waals surface area contributed by atoms with Gasteiger partial charge in [-0.3, -0.25) is 13.9 Å². The maximum atomic E-state index is 14.0. The zero-order valence-electron chi connectivity index (χ0n) is 22.9. The fourth-order valence-corrected chi connectivity index (χ4v) is 5.94. The number of amides is 2. The van der Waals surface area contributed by atoms with Gasteiger partial charge in [0.1, 0.15) is 12.6 Å². The molecule has 0 heterocycles. The van der Waals surface area contributed by atoms with Gasteiger partial charge in [0.2, 0.25) is 11.8 Å². The Morgan fingerprint density at radius 2 is 1.55 bits per heavy atom. The summed E-state index contributed by atoms with van der Waals surface area (Å²) in [5.74, 6) is -0.991. The number of nitrogens with one attached hydrogen (secondary N) is 1. The smallest absolute Gasteiger partial charge is 0.264 e. The lowest BCUT2D eigenvalue weighted by atomic mass is 10.1. The second kappa shape index (κ2) is 12.8. The molecule has 2 amide bonds. The van der Waals surface area contributed by atoms with Gasteiger partial charge in [-0.05, 0) is 94.3 Å². The number of aryl methyl sites for hydroxylation is 1. The van der Waals surface area contributed by atoms with Crippen molar-refractivity contribution in [1.82, 2.24) is 10.2 Å². The lowest BCUT2D eigenvalue weighted by Crippen LogP contribution is -2.54. The van der Waals surface area contributed by atoms with Gasteiger partial charge in [0.15, 0.2) is 0 Å². The minimum absolute atomic E-state index is 0.0305. The zero-order valence-corrected chi connectivity index (χ0v) is 26.0. The van der Waals surface area contributed by atoms with Crippen LogP contribution in [0.2, 0.25) is 15.1 Å². The molecule has 1 atom stereocenters. The summed E-state index contributed by atoms with van der Waals surface area (Å²) in [7, 11) is -4.19. The summed E-state index contributed by atoms with van der Waals surface area (Å²) in [6.45, 7) is 8.30. The Labute approximate surface area is 251 Å². The van der Waals surface area contributed by atoms with Gasteiger partial charge in [0.05, 0.1) is 10.6 Å². The summed E-state index contributed by atoms with van der Waals surface area (Å²) in [6, 6.07) is 16.4. The molecule has 3 rings (SSSR count). The maximum absolute atomic E-state index is 14.0. The number of anilines is 1. The van der Waals surface area contributed by atoms with Gasteiger partial charge in [0.25, 0.3) is 10.0 Å². The molecule has 0 aliphatic heterocycles. The predicted octanol–water partition coefficient (Wildman–Crippen LogP) is 6.48. The molecule has 1 N–H and O–H groups in total. The summed E-state index contributed by atoms with van der Waals surface area (Å²) in [4.78, 5) is 28.5. The van der Waals surface area contributed by atoms with Crippen LogP contribution in [0.15, 0.2) is 71.6 Å². The van der Waals surface area contributed by atoms with Crippen LogP contribution in [0.3, 0.4) is 0 Å². The molecule has 3 aromatic rings. The second-order valence-electron chi connectivity index (χ2n) is 10.5. The number of benzene rings is 3. The standard InChI is InChI=1S/C29H32Cl3N3O4S/c1-19-7-6-8-24(15-19)35(40(38,39)25-13-11-22(30)12-14-25)18-27(36)34(20(2)28(37)33-29(3,4)5)17-21-9-10-23(31)16-26(21)32/h6-16,20H,17-18H2,1-5H3,(H,33,37). The number of nitrogens with zero attached hydrogens (tertiary/aromatic N) is 2. The molecule has 0 fully saturated rings. The van der Waals surface area contributed by atoms with Gasteiger partial charge < -0.3 is 10.2 Å². The molecule has 0 aliphatic carbocycles. The Morgan fingerprint density at radius 1 is 0.925 bits per heavy atom. The molecule has 0 bridgehead atoms. The van der Waals surface area contributed by atoms with Crippen molar-refractivity contribution in [2.24, 2.45) is 0 Å². The van der Waals surface area contributed by atoms with E-state index in [0.29, 0.717) is 26.3 Å². The lowest BCUT2D eigenvalue weighted by molar-refractivity contribution is -0.140. The third kappa shape index (κ3) is 8.13. The molecule has 0 aromatic heterocycles. The Kier molecular flexibility index (Phi) is 10.2. The summed E-state index contributed by atoms with van der Waals surface area (Å²) < 4.78 is 28.7. The van der Waals surface area contributed by atoms with Crippen LogP contribution in [-0.2, 0) is 26.2 Å². The summed E-state index contributed by atoms with van der Waals surface area (Å²) in [6.07, 6.45) is 0. The van der Waals surface area contributed by atoms with Gasteiger partial charge >= 0.3 is 0 Å². The molecule has 0 aliphatic rings. The summed E-state index contributed by atoms with van der Waals surface area (Å²) in [5, 5.41) is 4.00. The Morgan fingerprint density at radius 3 is 2.12 bits per heavy atom. The van der Waals surface area contributed by atoms with E-state index in [1.54, 1.807) is 43.3 Å². The van der Waals surface area contributed by atoms with Crippen LogP contribution >= 0.6 is 34.8 Å². The van der Waals surface area contributed by atoms with E-state index in [0.717, 1.165) is 9.87 Å². The van der Waals surface area contributed by atoms with Gasteiger partial charge in [-0.25, -0.2) is 8.42 Å². The minimum Gasteiger partial charge on any atom is -0.350 e. The first kappa shape index (κ1) is 31.7. The first-order valence-electron chi connectivity index (χ1n) is 12.5. The van der Waals surface area contributed by atoms with Crippen molar-refractivity contribution in [3.63, 3.8) is 0 Å². The summed E-state index contributed by atoms with van der Waals surface area (Å²) in [5.41, 5.74) is 1.12. The van der Waals surface area contributed by atoms with E-state index in [4.69, 9.17) is 34.8 Å². The van der Waals surface area contributed by atoms with Crippen LogP contribution < -0.4 is 9.62 Å². The molecular weight excluding hydrogens is 593 g/mol. The third-order valence-electron chi connectivity index (χ3n) is 5.99. The number of carbonyl (C=O) groups is 2. The van der Waals surface area contributed by atoms with E-state index < -0.39 is 40.0 Å². The average molecular weight is 625 g/mol. The number of carbonyl (C=O) groups excluding carboxylic acids is 2. The van der Waals surface area contributed by atoms with Crippen LogP contribution in [0.1, 0.15) is 38.8 Å². The van der Waals surface area contributed by atoms with Crippen molar-refractivity contribution < 1.29 is 18.0 Å². The van der Waals surface area contributed by atoms with Crippen LogP contribution in [0.25, 0.3) is 0 Å². The number of hydrogen-bond donors (Lipinski definition) is 1. The van der Waals surface area contributed by atoms with Crippen LogP contribution in [0.4, 0.5) is 5.69 Å². The average Bonchev–Trinajstić information content (AvgIpc) is 2.85. The van der Waals surface area contributed by atoms with E-state index in [1.807, 2.05) is 33.8 Å². The normalized spacial score (nSPS) is 12.5. The SMILES string of the molecule is Cc1cccc(N(CC(=O)N(Cc2ccc(Cl)cc2Cl)C(C)C(=O)NC(C)(C)C)S(=O)(=O)c2ccc(Cl)cc2)c1. The fraction of sp³-hybridized carbons (Fsp3) is 0.310. The minimum atomic E-state index is -4.19. The first-order valence-corrected chi connectivity index (χ1v) is 15.1. The highest BCUT2D eigenvalue weighted by molar-refractivity contribution is 7.92. The highest BCUT2D eigenvalue weighted by Gasteiger charge is 2.33. The molecule has 40 heavy (non-hydrogen) atoms. The van der Waals surface area contributed by atoms with Crippen molar-refractivity contribution in [3.05, 3.63) is 92.9 Å². The number of sulfonamides is 1. The quantitative estimate of drug-likeness (QED) is 0.295. The van der Waals surface area contributed by atoms with Crippen molar-refractivity contribution in [1.29, 1.82) is 0 Å². The fourth-order valence-electron chi connectivity index (χ4n) is 3.94. The molecular formula is C29H32Cl3N3O4S. The third-order valence-corrected chi connectivity index (χ3v) is 8.62. The molecule has 0 saturated heterocycles. The number of hydrogen-bond acceptors (Lipinski definition) is 4. The van der Waals surface area contributed by atoms with E-state index in [9.17, 15) is 18.0 Å². The number of rotatable bonds is 9. The van der Waals surface area contributed by atoms with Gasteiger partial charge in [0, 0.05) is 27.2 Å². The second-order valence-corrected chi connectivity index (χ2v) is 13.6. The predicted molar refractivity (Wildman–Crippen MR) is 162 cm³/mol. The Hall–Kier alpha value is -2.78. The van der Waals surface area contributed by atoms with Crippen molar-refractivity contribution in [3.8, 4) is 0 Å².